The summed E-state index contributed by atoms with van der Waals surface area (Å²) in [6.45, 7) is 1.93. The molecule has 222 valence electrons. The number of carbonyl (C=O) groups is 2. The fraction of sp³-hybridized carbons (Fsp3) is 0.250. The molecule has 1 fully saturated rings. The number of benzene rings is 2. The number of hydrogen-bond acceptors (Lipinski definition) is 7. The molecule has 0 bridgehead atoms. The molecule has 43 heavy (non-hydrogen) atoms. The second kappa shape index (κ2) is 14.0. The Hall–Kier alpha value is -4.02. The van der Waals surface area contributed by atoms with Crippen molar-refractivity contribution in [3.8, 4) is 28.1 Å². The Bertz CT molecular complexity index is 1630. The van der Waals surface area contributed by atoms with Gasteiger partial charge in [0.2, 0.25) is 5.91 Å². The number of nitrogens with zero attached hydrogens (tertiary/aromatic N) is 2. The van der Waals surface area contributed by atoms with Crippen LogP contribution in [0.2, 0.25) is 10.0 Å². The molecule has 11 heteroatoms. The highest BCUT2D eigenvalue weighted by molar-refractivity contribution is 6.39. The molecule has 1 saturated heterocycles. The Morgan fingerprint density at radius 1 is 1.05 bits per heavy atom. The lowest BCUT2D eigenvalue weighted by molar-refractivity contribution is -0.119. The molecule has 1 unspecified atom stereocenters. The number of anilines is 1. The SMILES string of the molecule is CNCc1ccc(C(=O)Nc2cccc(-c3ccnc(-c4ccc(CNCC5CCC(=O)N5)c(OC)c4)c3Cl)c2Cl)nc1. The van der Waals surface area contributed by atoms with Crippen LogP contribution in [-0.4, -0.2) is 48.5 Å². The molecule has 1 atom stereocenters. The maximum absolute atomic E-state index is 12.9. The van der Waals surface area contributed by atoms with Gasteiger partial charge in [0, 0.05) is 66.7 Å². The van der Waals surface area contributed by atoms with Gasteiger partial charge in [0.05, 0.1) is 28.5 Å². The van der Waals surface area contributed by atoms with E-state index in [0.717, 1.165) is 23.1 Å². The summed E-state index contributed by atoms with van der Waals surface area (Å²) in [5.41, 5.74) is 5.34. The average molecular weight is 620 g/mol. The Morgan fingerprint density at radius 3 is 2.60 bits per heavy atom. The van der Waals surface area contributed by atoms with Crippen LogP contribution < -0.4 is 26.0 Å². The number of pyridine rings is 2. The van der Waals surface area contributed by atoms with E-state index in [4.69, 9.17) is 27.9 Å². The van der Waals surface area contributed by atoms with E-state index in [9.17, 15) is 9.59 Å². The number of rotatable bonds is 11. The Labute approximate surface area is 260 Å². The first-order valence-electron chi connectivity index (χ1n) is 13.9. The van der Waals surface area contributed by atoms with Gasteiger partial charge in [-0.05, 0) is 43.3 Å². The zero-order valence-electron chi connectivity index (χ0n) is 23.8. The summed E-state index contributed by atoms with van der Waals surface area (Å²) in [5.74, 6) is 0.423. The van der Waals surface area contributed by atoms with E-state index in [-0.39, 0.29) is 23.6 Å². The van der Waals surface area contributed by atoms with Crippen molar-refractivity contribution < 1.29 is 14.3 Å². The predicted molar refractivity (Wildman–Crippen MR) is 170 cm³/mol. The molecule has 0 saturated carbocycles. The summed E-state index contributed by atoms with van der Waals surface area (Å²) in [6, 6.07) is 16.7. The number of hydrogen-bond donors (Lipinski definition) is 4. The molecular formula is C32H32Cl2N6O3. The van der Waals surface area contributed by atoms with Crippen molar-refractivity contribution in [1.82, 2.24) is 25.9 Å². The molecular weight excluding hydrogens is 587 g/mol. The summed E-state index contributed by atoms with van der Waals surface area (Å²) in [4.78, 5) is 33.2. The summed E-state index contributed by atoms with van der Waals surface area (Å²) in [5, 5.41) is 13.0. The van der Waals surface area contributed by atoms with Gasteiger partial charge in [0.15, 0.2) is 0 Å². The summed E-state index contributed by atoms with van der Waals surface area (Å²) < 4.78 is 5.68. The normalized spacial score (nSPS) is 14.4. The molecule has 2 aromatic heterocycles. The minimum atomic E-state index is -0.369. The largest absolute Gasteiger partial charge is 0.496 e. The standard InChI is InChI=1S/C32H32Cl2N6O3/c1-35-15-19-6-10-26(38-16-19)32(42)40-25-5-3-4-23(29(25)33)24-12-13-37-31(30(24)34)20-7-8-21(27(14-20)43-2)17-36-18-22-9-11-28(41)39-22/h3-8,10,12-14,16,22,35-36H,9,11,15,17-18H2,1-2H3,(H,39,41)(H,40,42). The van der Waals surface area contributed by atoms with Crippen LogP contribution in [0.25, 0.3) is 22.4 Å². The van der Waals surface area contributed by atoms with Crippen LogP contribution >= 0.6 is 23.2 Å². The summed E-state index contributed by atoms with van der Waals surface area (Å²) in [6.07, 6.45) is 4.75. The molecule has 0 aliphatic carbocycles. The second-order valence-electron chi connectivity index (χ2n) is 10.2. The molecule has 9 nitrogen and oxygen atoms in total. The van der Waals surface area contributed by atoms with Gasteiger partial charge in [0.1, 0.15) is 11.4 Å². The Balaban J connectivity index is 1.35. The third kappa shape index (κ3) is 7.14. The van der Waals surface area contributed by atoms with E-state index >= 15 is 0 Å². The van der Waals surface area contributed by atoms with Gasteiger partial charge in [-0.3, -0.25) is 19.6 Å². The number of methoxy groups -OCH3 is 1. The van der Waals surface area contributed by atoms with Gasteiger partial charge >= 0.3 is 0 Å². The number of halogens is 2. The van der Waals surface area contributed by atoms with Crippen LogP contribution in [0.4, 0.5) is 5.69 Å². The maximum Gasteiger partial charge on any atom is 0.274 e. The fourth-order valence-electron chi connectivity index (χ4n) is 4.99. The summed E-state index contributed by atoms with van der Waals surface area (Å²) >= 11 is 13.7. The Kier molecular flexibility index (Phi) is 9.89. The molecule has 3 heterocycles. The van der Waals surface area contributed by atoms with Crippen LogP contribution in [0.15, 0.2) is 67.0 Å². The lowest BCUT2D eigenvalue weighted by atomic mass is 10.0. The molecule has 4 N–H and O–H groups in total. The molecule has 2 amide bonds. The van der Waals surface area contributed by atoms with Crippen molar-refractivity contribution in [2.75, 3.05) is 26.0 Å². The van der Waals surface area contributed by atoms with Crippen molar-refractivity contribution >= 4 is 40.7 Å². The zero-order valence-corrected chi connectivity index (χ0v) is 25.4. The second-order valence-corrected chi connectivity index (χ2v) is 10.9. The van der Waals surface area contributed by atoms with E-state index in [1.165, 1.54) is 0 Å². The third-order valence-corrected chi connectivity index (χ3v) is 8.01. The molecule has 0 radical (unpaired) electrons. The lowest BCUT2D eigenvalue weighted by Gasteiger charge is -2.16. The van der Waals surface area contributed by atoms with Crippen molar-refractivity contribution in [1.29, 1.82) is 0 Å². The number of nitrogens with one attached hydrogen (secondary N) is 4. The first-order chi connectivity index (χ1) is 20.9. The Morgan fingerprint density at radius 2 is 1.88 bits per heavy atom. The molecule has 1 aliphatic heterocycles. The van der Waals surface area contributed by atoms with Crippen LogP contribution in [0.1, 0.15) is 34.5 Å². The quantitative estimate of drug-likeness (QED) is 0.176. The highest BCUT2D eigenvalue weighted by Gasteiger charge is 2.21. The zero-order chi connectivity index (χ0) is 30.3. The highest BCUT2D eigenvalue weighted by Crippen LogP contribution is 2.41. The maximum atomic E-state index is 12.9. The first-order valence-corrected chi connectivity index (χ1v) is 14.6. The van der Waals surface area contributed by atoms with E-state index in [2.05, 4.69) is 31.2 Å². The van der Waals surface area contributed by atoms with Crippen molar-refractivity contribution in [3.63, 3.8) is 0 Å². The van der Waals surface area contributed by atoms with Gasteiger partial charge in [-0.2, -0.15) is 0 Å². The van der Waals surface area contributed by atoms with Crippen LogP contribution in [0, 0.1) is 0 Å². The predicted octanol–water partition coefficient (Wildman–Crippen LogP) is 5.47. The lowest BCUT2D eigenvalue weighted by Crippen LogP contribution is -2.35. The van der Waals surface area contributed by atoms with Gasteiger partial charge < -0.3 is 26.0 Å². The van der Waals surface area contributed by atoms with E-state index in [1.54, 1.807) is 43.8 Å². The van der Waals surface area contributed by atoms with Crippen molar-refractivity contribution in [2.24, 2.45) is 0 Å². The smallest absolute Gasteiger partial charge is 0.274 e. The topological polar surface area (TPSA) is 117 Å². The molecule has 1 aliphatic rings. The minimum absolute atomic E-state index is 0.0986. The monoisotopic (exact) mass is 618 g/mol. The van der Waals surface area contributed by atoms with Gasteiger partial charge in [-0.15, -0.1) is 0 Å². The molecule has 5 rings (SSSR count). The molecule has 0 spiro atoms. The number of ether oxygens (including phenoxy) is 1. The third-order valence-electron chi connectivity index (χ3n) is 7.22. The van der Waals surface area contributed by atoms with E-state index in [1.807, 2.05) is 37.4 Å². The number of amides is 2. The van der Waals surface area contributed by atoms with Crippen LogP contribution in [0.5, 0.6) is 5.75 Å². The molecule has 4 aromatic rings. The fourth-order valence-corrected chi connectivity index (χ4v) is 5.59. The van der Waals surface area contributed by atoms with Crippen LogP contribution in [0.3, 0.4) is 0 Å². The van der Waals surface area contributed by atoms with E-state index in [0.29, 0.717) is 64.4 Å². The first kappa shape index (κ1) is 30.4. The minimum Gasteiger partial charge on any atom is -0.496 e. The average Bonchev–Trinajstić information content (AvgIpc) is 3.44. The summed E-state index contributed by atoms with van der Waals surface area (Å²) in [7, 11) is 3.47. The van der Waals surface area contributed by atoms with Gasteiger partial charge in [-0.25, -0.2) is 0 Å². The van der Waals surface area contributed by atoms with E-state index < -0.39 is 0 Å². The number of carbonyl (C=O) groups excluding carboxylic acids is 2. The van der Waals surface area contributed by atoms with Crippen LogP contribution in [-0.2, 0) is 17.9 Å². The highest BCUT2D eigenvalue weighted by atomic mass is 35.5. The van der Waals surface area contributed by atoms with Gasteiger partial charge in [-0.1, -0.05) is 53.5 Å². The van der Waals surface area contributed by atoms with Gasteiger partial charge in [0.25, 0.3) is 5.91 Å². The van der Waals surface area contributed by atoms with Crippen molar-refractivity contribution in [2.45, 2.75) is 32.0 Å². The number of aromatic nitrogens is 2. The van der Waals surface area contributed by atoms with Crippen molar-refractivity contribution in [3.05, 3.63) is 93.9 Å². The molecule has 2 aromatic carbocycles.